The number of nitrogen functional groups attached to an aromatic ring is 1. The van der Waals surface area contributed by atoms with Crippen LogP contribution in [-0.2, 0) is 16.0 Å². The van der Waals surface area contributed by atoms with E-state index in [4.69, 9.17) is 21.1 Å². The van der Waals surface area contributed by atoms with E-state index in [-0.39, 0.29) is 12.3 Å². The van der Waals surface area contributed by atoms with Crippen molar-refractivity contribution < 1.29 is 23.8 Å². The third-order valence-corrected chi connectivity index (χ3v) is 2.45. The highest BCUT2D eigenvalue weighted by Gasteiger charge is 2.21. The number of carbonyl (C=O) groups excluding carboxylic acids is 2. The molecule has 8 nitrogen and oxygen atoms in total. The zero-order chi connectivity index (χ0) is 16.9. The molecule has 0 atom stereocenters. The van der Waals surface area contributed by atoms with Crippen molar-refractivity contribution >= 4 is 17.9 Å². The van der Waals surface area contributed by atoms with E-state index < -0.39 is 17.8 Å². The molecule has 0 spiro atoms. The van der Waals surface area contributed by atoms with Crippen LogP contribution in [0.3, 0.4) is 0 Å². The first-order valence-electron chi connectivity index (χ1n) is 6.52. The van der Waals surface area contributed by atoms with Gasteiger partial charge in [-0.3, -0.25) is 0 Å². The molecule has 4 N–H and O–H groups in total. The van der Waals surface area contributed by atoms with Gasteiger partial charge in [-0.1, -0.05) is 0 Å². The number of ether oxygens (including phenoxy) is 3. The van der Waals surface area contributed by atoms with Gasteiger partial charge in [0.25, 0.3) is 0 Å². The first kappa shape index (κ1) is 17.6. The molecule has 0 aliphatic carbocycles. The number of methoxy groups -OCH3 is 1. The minimum atomic E-state index is -0.854. The summed E-state index contributed by atoms with van der Waals surface area (Å²) in [4.78, 5) is 22.9. The van der Waals surface area contributed by atoms with Gasteiger partial charge in [-0.05, 0) is 44.5 Å². The molecule has 1 amide bonds. The Morgan fingerprint density at radius 2 is 1.91 bits per heavy atom. The van der Waals surface area contributed by atoms with Gasteiger partial charge in [0, 0.05) is 5.69 Å². The number of hydrogen-bond donors (Lipinski definition) is 2. The van der Waals surface area contributed by atoms with E-state index in [1.165, 1.54) is 25.3 Å². The van der Waals surface area contributed by atoms with Crippen LogP contribution in [0.25, 0.3) is 0 Å². The van der Waals surface area contributed by atoms with Crippen molar-refractivity contribution in [3.63, 3.8) is 0 Å². The van der Waals surface area contributed by atoms with Gasteiger partial charge < -0.3 is 19.9 Å². The summed E-state index contributed by atoms with van der Waals surface area (Å²) in [6, 6.07) is 4.54. The third-order valence-electron chi connectivity index (χ3n) is 2.45. The van der Waals surface area contributed by atoms with Gasteiger partial charge in [0.1, 0.15) is 11.4 Å². The van der Waals surface area contributed by atoms with Gasteiger partial charge in [0.2, 0.25) is 0 Å². The van der Waals surface area contributed by atoms with Crippen molar-refractivity contribution in [2.75, 3.05) is 12.8 Å². The van der Waals surface area contributed by atoms with Gasteiger partial charge in [-0.25, -0.2) is 20.4 Å². The van der Waals surface area contributed by atoms with E-state index in [2.05, 4.69) is 4.74 Å². The minimum Gasteiger partial charge on any atom is -0.443 e. The van der Waals surface area contributed by atoms with Crippen LogP contribution in [0, 0.1) is 0 Å². The molecule has 0 bridgehead atoms. The second kappa shape index (κ2) is 6.99. The highest BCUT2D eigenvalue weighted by molar-refractivity contribution is 5.68. The maximum Gasteiger partial charge on any atom is 0.513 e. The topological polar surface area (TPSA) is 117 Å². The molecule has 0 heterocycles. The van der Waals surface area contributed by atoms with E-state index in [0.29, 0.717) is 11.3 Å². The van der Waals surface area contributed by atoms with E-state index in [1.807, 2.05) is 0 Å². The van der Waals surface area contributed by atoms with Crippen molar-refractivity contribution in [1.29, 1.82) is 0 Å². The fourth-order valence-electron chi connectivity index (χ4n) is 1.49. The van der Waals surface area contributed by atoms with Gasteiger partial charge in [-0.2, -0.15) is 0 Å². The largest absolute Gasteiger partial charge is 0.513 e. The lowest BCUT2D eigenvalue weighted by Crippen LogP contribution is -2.41. The number of benzene rings is 1. The highest BCUT2D eigenvalue weighted by atomic mass is 16.7. The van der Waals surface area contributed by atoms with E-state index in [0.717, 1.165) is 5.01 Å². The predicted octanol–water partition coefficient (Wildman–Crippen LogP) is 2.02. The van der Waals surface area contributed by atoms with Crippen LogP contribution in [0.1, 0.15) is 26.3 Å². The molecule has 0 saturated heterocycles. The van der Waals surface area contributed by atoms with Gasteiger partial charge in [-0.15, -0.1) is 0 Å². The van der Waals surface area contributed by atoms with Crippen molar-refractivity contribution in [3.05, 3.63) is 23.8 Å². The maximum absolute atomic E-state index is 11.8. The second-order valence-electron chi connectivity index (χ2n) is 5.53. The first-order chi connectivity index (χ1) is 10.1. The Morgan fingerprint density at radius 3 is 2.45 bits per heavy atom. The van der Waals surface area contributed by atoms with Crippen LogP contribution in [0.15, 0.2) is 18.2 Å². The highest BCUT2D eigenvalue weighted by Crippen LogP contribution is 2.21. The Labute approximate surface area is 128 Å². The molecule has 1 aromatic carbocycles. The summed E-state index contributed by atoms with van der Waals surface area (Å²) in [5.74, 6) is 5.90. The summed E-state index contributed by atoms with van der Waals surface area (Å²) in [7, 11) is 1.20. The van der Waals surface area contributed by atoms with Crippen molar-refractivity contribution in [1.82, 2.24) is 5.01 Å². The molecule has 0 unspecified atom stereocenters. The monoisotopic (exact) mass is 311 g/mol. The SMILES string of the molecule is COC(=O)Oc1ccc(N)c(CN(N)C(=O)OC(C)(C)C)c1. The third kappa shape index (κ3) is 5.49. The Bertz CT molecular complexity index is 554. The summed E-state index contributed by atoms with van der Waals surface area (Å²) < 4.78 is 14.4. The molecular weight excluding hydrogens is 290 g/mol. The van der Waals surface area contributed by atoms with E-state index in [1.54, 1.807) is 20.8 Å². The molecule has 1 rings (SSSR count). The van der Waals surface area contributed by atoms with Gasteiger partial charge in [0.05, 0.1) is 13.7 Å². The molecule has 0 aliphatic rings. The zero-order valence-electron chi connectivity index (χ0n) is 13.1. The molecular formula is C14H21N3O5. The van der Waals surface area contributed by atoms with Crippen LogP contribution in [0.2, 0.25) is 0 Å². The minimum absolute atomic E-state index is 0.000874. The lowest BCUT2D eigenvalue weighted by atomic mass is 10.1. The molecule has 0 saturated carbocycles. The van der Waals surface area contributed by atoms with E-state index >= 15 is 0 Å². The van der Waals surface area contributed by atoms with Crippen LogP contribution >= 0.6 is 0 Å². The Kier molecular flexibility index (Phi) is 5.58. The van der Waals surface area contributed by atoms with Gasteiger partial charge in [0.15, 0.2) is 0 Å². The lowest BCUT2D eigenvalue weighted by molar-refractivity contribution is 0.0231. The summed E-state index contributed by atoms with van der Waals surface area (Å²) in [5, 5.41) is 0.888. The molecule has 0 fully saturated rings. The summed E-state index contributed by atoms with van der Waals surface area (Å²) >= 11 is 0. The molecule has 122 valence electrons. The summed E-state index contributed by atoms with van der Waals surface area (Å²) in [6.45, 7) is 5.20. The standard InChI is InChI=1S/C14H21N3O5/c1-14(2,3)22-12(18)17(16)8-9-7-10(5-6-11(9)15)21-13(19)20-4/h5-7H,8,15-16H2,1-4H3. The van der Waals surface area contributed by atoms with Crippen molar-refractivity contribution in [3.8, 4) is 5.75 Å². The van der Waals surface area contributed by atoms with Gasteiger partial charge >= 0.3 is 12.2 Å². The predicted molar refractivity (Wildman–Crippen MR) is 79.9 cm³/mol. The number of amides is 1. The zero-order valence-corrected chi connectivity index (χ0v) is 13.1. The smallest absolute Gasteiger partial charge is 0.443 e. The second-order valence-corrected chi connectivity index (χ2v) is 5.53. The number of nitrogens with zero attached hydrogens (tertiary/aromatic N) is 1. The lowest BCUT2D eigenvalue weighted by Gasteiger charge is -2.24. The Balaban J connectivity index is 2.81. The molecule has 0 radical (unpaired) electrons. The molecule has 0 aliphatic heterocycles. The van der Waals surface area contributed by atoms with Crippen molar-refractivity contribution in [2.24, 2.45) is 5.84 Å². The number of carbonyl (C=O) groups is 2. The first-order valence-corrected chi connectivity index (χ1v) is 6.52. The number of rotatable bonds is 3. The summed E-state index contributed by atoms with van der Waals surface area (Å²) in [6.07, 6.45) is -1.54. The van der Waals surface area contributed by atoms with Crippen LogP contribution < -0.4 is 16.3 Å². The molecule has 1 aromatic rings. The van der Waals surface area contributed by atoms with Crippen LogP contribution in [-0.4, -0.2) is 30.0 Å². The maximum atomic E-state index is 11.8. The number of nitrogens with two attached hydrogens (primary N) is 2. The normalized spacial score (nSPS) is 10.8. The fraction of sp³-hybridized carbons (Fsp3) is 0.429. The number of hydrogen-bond acceptors (Lipinski definition) is 7. The molecule has 22 heavy (non-hydrogen) atoms. The Hall–Kier alpha value is -2.48. The summed E-state index contributed by atoms with van der Waals surface area (Å²) in [5.41, 5.74) is 6.07. The average Bonchev–Trinajstić information content (AvgIpc) is 2.40. The quantitative estimate of drug-likeness (QED) is 0.219. The number of anilines is 1. The number of hydrazine groups is 1. The van der Waals surface area contributed by atoms with Crippen LogP contribution in [0.4, 0.5) is 15.3 Å². The fourth-order valence-corrected chi connectivity index (χ4v) is 1.49. The van der Waals surface area contributed by atoms with E-state index in [9.17, 15) is 9.59 Å². The molecule has 0 aromatic heterocycles. The van der Waals surface area contributed by atoms with Crippen molar-refractivity contribution in [2.45, 2.75) is 32.9 Å². The van der Waals surface area contributed by atoms with Crippen LogP contribution in [0.5, 0.6) is 5.75 Å². The average molecular weight is 311 g/mol. The molecule has 8 heteroatoms. The Morgan fingerprint density at radius 1 is 1.27 bits per heavy atom.